The number of methoxy groups -OCH3 is 2. The molecule has 0 atom stereocenters. The molecule has 0 radical (unpaired) electrons. The second-order valence-electron chi connectivity index (χ2n) is 5.03. The van der Waals surface area contributed by atoms with Gasteiger partial charge in [0.25, 0.3) is 5.91 Å². The molecule has 0 aromatic heterocycles. The molecule has 0 saturated heterocycles. The molecule has 0 unspecified atom stereocenters. The van der Waals surface area contributed by atoms with Gasteiger partial charge in [-0.3, -0.25) is 4.79 Å². The Morgan fingerprint density at radius 3 is 2.40 bits per heavy atom. The second-order valence-corrected chi connectivity index (χ2v) is 5.43. The van der Waals surface area contributed by atoms with Crippen LogP contribution in [-0.2, 0) is 0 Å². The first-order valence-corrected chi connectivity index (χ1v) is 7.64. The summed E-state index contributed by atoms with van der Waals surface area (Å²) in [5.74, 6) is 1.76. The second kappa shape index (κ2) is 7.31. The van der Waals surface area contributed by atoms with Crippen LogP contribution in [0.5, 0.6) is 23.0 Å². The van der Waals surface area contributed by atoms with Crippen molar-refractivity contribution in [1.29, 1.82) is 0 Å². The van der Waals surface area contributed by atoms with Crippen molar-refractivity contribution in [2.24, 2.45) is 5.10 Å². The number of halogens is 1. The molecule has 1 N–H and O–H groups in total. The van der Waals surface area contributed by atoms with E-state index in [0.717, 1.165) is 0 Å². The average molecular weight is 363 g/mol. The molecule has 0 bridgehead atoms. The number of benzene rings is 2. The molecule has 2 aromatic carbocycles. The summed E-state index contributed by atoms with van der Waals surface area (Å²) in [5.41, 5.74) is 3.38. The molecule has 8 heteroatoms. The Bertz CT molecular complexity index is 816. The monoisotopic (exact) mass is 362 g/mol. The van der Waals surface area contributed by atoms with Crippen molar-refractivity contribution in [1.82, 2.24) is 5.43 Å². The molecule has 0 fully saturated rings. The van der Waals surface area contributed by atoms with Gasteiger partial charge in [-0.15, -0.1) is 0 Å². The SMILES string of the molecule is COc1cc(OC)cc(C(=O)NN=Cc2cc3c(cc2Cl)OCO3)c1. The van der Waals surface area contributed by atoms with E-state index in [1.165, 1.54) is 20.4 Å². The van der Waals surface area contributed by atoms with Crippen molar-refractivity contribution in [3.63, 3.8) is 0 Å². The van der Waals surface area contributed by atoms with E-state index in [4.69, 9.17) is 30.5 Å². The van der Waals surface area contributed by atoms with Gasteiger partial charge < -0.3 is 18.9 Å². The summed E-state index contributed by atoms with van der Waals surface area (Å²) in [4.78, 5) is 12.2. The zero-order valence-electron chi connectivity index (χ0n) is 13.5. The van der Waals surface area contributed by atoms with Crippen LogP contribution in [0.3, 0.4) is 0 Å². The maximum Gasteiger partial charge on any atom is 0.271 e. The lowest BCUT2D eigenvalue weighted by Crippen LogP contribution is -2.17. The fourth-order valence-electron chi connectivity index (χ4n) is 2.20. The highest BCUT2D eigenvalue weighted by Crippen LogP contribution is 2.36. The summed E-state index contributed by atoms with van der Waals surface area (Å²) < 4.78 is 20.8. The minimum absolute atomic E-state index is 0.153. The lowest BCUT2D eigenvalue weighted by Gasteiger charge is -2.07. The standard InChI is InChI=1S/C17H15ClN2O5/c1-22-12-3-10(4-13(6-12)23-2)17(21)20-19-8-11-5-15-16(7-14(11)18)25-9-24-15/h3-8H,9H2,1-2H3,(H,20,21). The van der Waals surface area contributed by atoms with Gasteiger partial charge in [0.1, 0.15) is 11.5 Å². The Morgan fingerprint density at radius 2 is 1.76 bits per heavy atom. The lowest BCUT2D eigenvalue weighted by atomic mass is 10.2. The molecule has 0 aliphatic carbocycles. The first kappa shape index (κ1) is 16.9. The lowest BCUT2D eigenvalue weighted by molar-refractivity contribution is 0.0954. The van der Waals surface area contributed by atoms with Crippen LogP contribution in [0.25, 0.3) is 0 Å². The van der Waals surface area contributed by atoms with Crippen molar-refractivity contribution in [2.45, 2.75) is 0 Å². The number of hydrogen-bond donors (Lipinski definition) is 1. The number of ether oxygens (including phenoxy) is 4. The van der Waals surface area contributed by atoms with Gasteiger partial charge in [0.15, 0.2) is 11.5 Å². The quantitative estimate of drug-likeness (QED) is 0.653. The van der Waals surface area contributed by atoms with E-state index >= 15 is 0 Å². The number of hydrazone groups is 1. The molecule has 3 rings (SSSR count). The Hall–Kier alpha value is -2.93. The van der Waals surface area contributed by atoms with Gasteiger partial charge in [-0.1, -0.05) is 11.6 Å². The summed E-state index contributed by atoms with van der Waals surface area (Å²) in [6.45, 7) is 0.153. The maximum absolute atomic E-state index is 12.2. The topological polar surface area (TPSA) is 78.4 Å². The maximum atomic E-state index is 12.2. The zero-order chi connectivity index (χ0) is 17.8. The summed E-state index contributed by atoms with van der Waals surface area (Å²) in [5, 5.41) is 4.36. The van der Waals surface area contributed by atoms with Crippen molar-refractivity contribution in [3.05, 3.63) is 46.5 Å². The van der Waals surface area contributed by atoms with E-state index in [9.17, 15) is 4.79 Å². The highest BCUT2D eigenvalue weighted by atomic mass is 35.5. The van der Waals surface area contributed by atoms with Crippen LogP contribution < -0.4 is 24.4 Å². The fourth-order valence-corrected chi connectivity index (χ4v) is 2.40. The number of amides is 1. The predicted molar refractivity (Wildman–Crippen MR) is 92.2 cm³/mol. The molecule has 1 aliphatic rings. The predicted octanol–water partition coefficient (Wildman–Crippen LogP) is 2.85. The molecule has 1 heterocycles. The van der Waals surface area contributed by atoms with Crippen LogP contribution in [-0.4, -0.2) is 33.1 Å². The van der Waals surface area contributed by atoms with E-state index < -0.39 is 5.91 Å². The zero-order valence-corrected chi connectivity index (χ0v) is 14.3. The Kier molecular flexibility index (Phi) is 4.95. The molecule has 2 aromatic rings. The van der Waals surface area contributed by atoms with Gasteiger partial charge in [0, 0.05) is 23.3 Å². The van der Waals surface area contributed by atoms with E-state index in [0.29, 0.717) is 39.1 Å². The smallest absolute Gasteiger partial charge is 0.271 e. The van der Waals surface area contributed by atoms with E-state index in [1.54, 1.807) is 30.3 Å². The van der Waals surface area contributed by atoms with Gasteiger partial charge in [0.05, 0.1) is 25.5 Å². The highest BCUT2D eigenvalue weighted by Gasteiger charge is 2.16. The summed E-state index contributed by atoms with van der Waals surface area (Å²) in [6, 6.07) is 8.17. The van der Waals surface area contributed by atoms with Crippen LogP contribution in [0.1, 0.15) is 15.9 Å². The van der Waals surface area contributed by atoms with Gasteiger partial charge in [0.2, 0.25) is 6.79 Å². The third-order valence-corrected chi connectivity index (χ3v) is 3.80. The van der Waals surface area contributed by atoms with Gasteiger partial charge >= 0.3 is 0 Å². The Balaban J connectivity index is 1.73. The van der Waals surface area contributed by atoms with Gasteiger partial charge in [-0.05, 0) is 18.2 Å². The number of rotatable bonds is 5. The first-order chi connectivity index (χ1) is 12.1. The summed E-state index contributed by atoms with van der Waals surface area (Å²) in [6.07, 6.45) is 1.43. The third-order valence-electron chi connectivity index (χ3n) is 3.48. The first-order valence-electron chi connectivity index (χ1n) is 7.26. The van der Waals surface area contributed by atoms with Crippen molar-refractivity contribution >= 4 is 23.7 Å². The summed E-state index contributed by atoms with van der Waals surface area (Å²) >= 11 is 6.15. The largest absolute Gasteiger partial charge is 0.497 e. The van der Waals surface area contributed by atoms with E-state index in [2.05, 4.69) is 10.5 Å². The summed E-state index contributed by atoms with van der Waals surface area (Å²) in [7, 11) is 3.02. The molecule has 130 valence electrons. The van der Waals surface area contributed by atoms with Crippen molar-refractivity contribution in [2.75, 3.05) is 21.0 Å². The van der Waals surface area contributed by atoms with Crippen LogP contribution in [0.15, 0.2) is 35.4 Å². The Morgan fingerprint density at radius 1 is 1.12 bits per heavy atom. The molecule has 1 amide bonds. The number of nitrogens with zero attached hydrogens (tertiary/aromatic N) is 1. The molecule has 1 aliphatic heterocycles. The van der Waals surface area contributed by atoms with Crippen molar-refractivity contribution in [3.8, 4) is 23.0 Å². The average Bonchev–Trinajstić information content (AvgIpc) is 3.08. The molecule has 0 saturated carbocycles. The minimum Gasteiger partial charge on any atom is -0.497 e. The van der Waals surface area contributed by atoms with Crippen LogP contribution in [0, 0.1) is 0 Å². The van der Waals surface area contributed by atoms with Crippen LogP contribution in [0.2, 0.25) is 5.02 Å². The Labute approximate surface area is 149 Å². The molecule has 7 nitrogen and oxygen atoms in total. The highest BCUT2D eigenvalue weighted by molar-refractivity contribution is 6.33. The van der Waals surface area contributed by atoms with Gasteiger partial charge in [-0.25, -0.2) is 5.43 Å². The molecular weight excluding hydrogens is 348 g/mol. The number of carbonyl (C=O) groups excluding carboxylic acids is 1. The van der Waals surface area contributed by atoms with E-state index in [1.807, 2.05) is 0 Å². The fraction of sp³-hybridized carbons (Fsp3) is 0.176. The number of hydrogen-bond acceptors (Lipinski definition) is 6. The molecular formula is C17H15ClN2O5. The number of nitrogens with one attached hydrogen (secondary N) is 1. The third kappa shape index (κ3) is 3.77. The minimum atomic E-state index is -0.412. The number of carbonyl (C=O) groups is 1. The van der Waals surface area contributed by atoms with Gasteiger partial charge in [-0.2, -0.15) is 5.10 Å². The normalized spacial score (nSPS) is 12.3. The molecule has 0 spiro atoms. The van der Waals surface area contributed by atoms with Crippen LogP contribution in [0.4, 0.5) is 0 Å². The van der Waals surface area contributed by atoms with E-state index in [-0.39, 0.29) is 6.79 Å². The molecule has 25 heavy (non-hydrogen) atoms. The van der Waals surface area contributed by atoms with Crippen molar-refractivity contribution < 1.29 is 23.7 Å². The number of fused-ring (bicyclic) bond motifs is 1. The van der Waals surface area contributed by atoms with Crippen LogP contribution >= 0.6 is 11.6 Å².